The van der Waals surface area contributed by atoms with E-state index in [1.165, 1.54) is 11.8 Å². The number of rotatable bonds is 15. The van der Waals surface area contributed by atoms with E-state index >= 15 is 0 Å². The van der Waals surface area contributed by atoms with Gasteiger partial charge in [0.15, 0.2) is 11.0 Å². The highest BCUT2D eigenvalue weighted by atomic mass is 32.2. The first kappa shape index (κ1) is 30.4. The third-order valence-electron chi connectivity index (χ3n) is 6.10. The number of aromatic nitrogens is 3. The van der Waals surface area contributed by atoms with Crippen molar-refractivity contribution < 1.29 is 23.8 Å². The van der Waals surface area contributed by atoms with Crippen LogP contribution in [-0.2, 0) is 11.3 Å². The van der Waals surface area contributed by atoms with Crippen molar-refractivity contribution in [2.45, 2.75) is 38.4 Å². The standard InChI is InChI=1S/C31H35N5O5S/c1-4-6-19-41-27-13-7-22(8-14-27)30(38)32-20-28-34-35-31(36(28)24-11-17-26(18-12-24)40-5-2)42-21-29(37)33-23-9-15-25(39-3)16-10-23/h7-18H,4-6,19-21H2,1-3H3,(H,32,38)(H,33,37). The van der Waals surface area contributed by atoms with Gasteiger partial charge in [0.1, 0.15) is 17.2 Å². The Morgan fingerprint density at radius 1 is 0.857 bits per heavy atom. The van der Waals surface area contributed by atoms with Gasteiger partial charge in [0.05, 0.1) is 32.6 Å². The van der Waals surface area contributed by atoms with Crippen LogP contribution in [-0.4, -0.2) is 52.7 Å². The fourth-order valence-corrected chi connectivity index (χ4v) is 4.70. The number of hydrogen-bond acceptors (Lipinski definition) is 8. The van der Waals surface area contributed by atoms with E-state index in [0.29, 0.717) is 41.2 Å². The lowest BCUT2D eigenvalue weighted by Gasteiger charge is -2.12. The van der Waals surface area contributed by atoms with Crippen molar-refractivity contribution in [1.82, 2.24) is 20.1 Å². The number of amides is 2. The number of methoxy groups -OCH3 is 1. The van der Waals surface area contributed by atoms with Crippen molar-refractivity contribution in [3.8, 4) is 22.9 Å². The SMILES string of the molecule is CCCCOc1ccc(C(=O)NCc2nnc(SCC(=O)Nc3ccc(OC)cc3)n2-c2ccc(OCC)cc2)cc1. The molecule has 4 aromatic rings. The first-order chi connectivity index (χ1) is 20.5. The first-order valence-electron chi connectivity index (χ1n) is 13.8. The molecule has 1 aromatic heterocycles. The normalized spacial score (nSPS) is 10.6. The molecule has 10 nitrogen and oxygen atoms in total. The maximum atomic E-state index is 12.9. The summed E-state index contributed by atoms with van der Waals surface area (Å²) < 4.78 is 18.3. The van der Waals surface area contributed by atoms with E-state index < -0.39 is 0 Å². The summed E-state index contributed by atoms with van der Waals surface area (Å²) in [5.41, 5.74) is 1.95. The summed E-state index contributed by atoms with van der Waals surface area (Å²) in [6, 6.07) is 21.6. The molecular weight excluding hydrogens is 554 g/mol. The molecule has 220 valence electrons. The predicted molar refractivity (Wildman–Crippen MR) is 163 cm³/mol. The van der Waals surface area contributed by atoms with Crippen LogP contribution in [0.2, 0.25) is 0 Å². The summed E-state index contributed by atoms with van der Waals surface area (Å²) in [5, 5.41) is 15.0. The van der Waals surface area contributed by atoms with Gasteiger partial charge in [-0.25, -0.2) is 0 Å². The van der Waals surface area contributed by atoms with E-state index in [1.807, 2.05) is 35.8 Å². The van der Waals surface area contributed by atoms with Crippen LogP contribution in [0.25, 0.3) is 5.69 Å². The lowest BCUT2D eigenvalue weighted by molar-refractivity contribution is -0.113. The van der Waals surface area contributed by atoms with Crippen molar-refractivity contribution in [3.63, 3.8) is 0 Å². The highest BCUT2D eigenvalue weighted by Crippen LogP contribution is 2.25. The van der Waals surface area contributed by atoms with Crippen LogP contribution < -0.4 is 24.8 Å². The average molecular weight is 590 g/mol. The minimum absolute atomic E-state index is 0.111. The predicted octanol–water partition coefficient (Wildman–Crippen LogP) is 5.51. The Hall–Kier alpha value is -4.51. The Labute approximate surface area is 249 Å². The van der Waals surface area contributed by atoms with Crippen LogP contribution in [0.15, 0.2) is 78.0 Å². The zero-order valence-corrected chi connectivity index (χ0v) is 24.8. The van der Waals surface area contributed by atoms with Gasteiger partial charge in [-0.2, -0.15) is 0 Å². The number of nitrogens with one attached hydrogen (secondary N) is 2. The zero-order chi connectivity index (χ0) is 29.7. The lowest BCUT2D eigenvalue weighted by Crippen LogP contribution is -2.24. The Morgan fingerprint density at radius 2 is 1.52 bits per heavy atom. The van der Waals surface area contributed by atoms with Crippen LogP contribution in [0.1, 0.15) is 42.9 Å². The van der Waals surface area contributed by atoms with E-state index in [0.717, 1.165) is 30.0 Å². The molecule has 42 heavy (non-hydrogen) atoms. The summed E-state index contributed by atoms with van der Waals surface area (Å²) in [7, 11) is 1.59. The Balaban J connectivity index is 1.45. The van der Waals surface area contributed by atoms with Gasteiger partial charge in [0, 0.05) is 16.9 Å². The molecular formula is C31H35N5O5S. The molecule has 0 saturated carbocycles. The monoisotopic (exact) mass is 589 g/mol. The van der Waals surface area contributed by atoms with Crippen LogP contribution in [0.5, 0.6) is 17.2 Å². The second-order valence-electron chi connectivity index (χ2n) is 9.14. The molecule has 1 heterocycles. The van der Waals surface area contributed by atoms with E-state index in [-0.39, 0.29) is 24.1 Å². The summed E-state index contributed by atoms with van der Waals surface area (Å²) in [5.74, 6) is 2.37. The number of carbonyl (C=O) groups excluding carboxylic acids is 2. The van der Waals surface area contributed by atoms with Crippen LogP contribution in [0.3, 0.4) is 0 Å². The van der Waals surface area contributed by atoms with Gasteiger partial charge < -0.3 is 24.8 Å². The topological polar surface area (TPSA) is 117 Å². The Morgan fingerprint density at radius 3 is 2.19 bits per heavy atom. The average Bonchev–Trinajstić information content (AvgIpc) is 3.43. The summed E-state index contributed by atoms with van der Waals surface area (Å²) in [6.45, 7) is 5.36. The van der Waals surface area contributed by atoms with E-state index in [2.05, 4.69) is 27.8 Å². The largest absolute Gasteiger partial charge is 0.497 e. The molecule has 3 aromatic carbocycles. The molecule has 0 aliphatic carbocycles. The van der Waals surface area contributed by atoms with Gasteiger partial charge in [0.25, 0.3) is 5.91 Å². The number of ether oxygens (including phenoxy) is 3. The number of nitrogens with zero attached hydrogens (tertiary/aromatic N) is 3. The first-order valence-corrected chi connectivity index (χ1v) is 14.7. The number of thioether (sulfide) groups is 1. The van der Waals surface area contributed by atoms with Gasteiger partial charge in [-0.15, -0.1) is 10.2 Å². The number of unbranched alkanes of at least 4 members (excludes halogenated alkanes) is 1. The van der Waals surface area contributed by atoms with E-state index in [1.54, 1.807) is 55.6 Å². The summed E-state index contributed by atoms with van der Waals surface area (Å²) in [6.07, 6.45) is 2.03. The number of carbonyl (C=O) groups is 2. The van der Waals surface area contributed by atoms with Crippen LogP contribution in [0, 0.1) is 0 Å². The second-order valence-corrected chi connectivity index (χ2v) is 10.1. The number of anilines is 1. The van der Waals surface area contributed by atoms with Gasteiger partial charge in [0.2, 0.25) is 5.91 Å². The molecule has 0 bridgehead atoms. The molecule has 11 heteroatoms. The maximum absolute atomic E-state index is 12.9. The van der Waals surface area contributed by atoms with E-state index in [9.17, 15) is 9.59 Å². The van der Waals surface area contributed by atoms with Crippen molar-refractivity contribution in [2.75, 3.05) is 31.4 Å². The van der Waals surface area contributed by atoms with Crippen LogP contribution >= 0.6 is 11.8 Å². The number of benzene rings is 3. The fraction of sp³-hybridized carbons (Fsp3) is 0.290. The minimum atomic E-state index is -0.246. The third-order valence-corrected chi connectivity index (χ3v) is 7.03. The van der Waals surface area contributed by atoms with Crippen molar-refractivity contribution >= 4 is 29.3 Å². The Kier molecular flexibility index (Phi) is 11.2. The summed E-state index contributed by atoms with van der Waals surface area (Å²) in [4.78, 5) is 25.6. The fourth-order valence-electron chi connectivity index (χ4n) is 3.93. The molecule has 4 rings (SSSR count). The molecule has 0 fully saturated rings. The highest BCUT2D eigenvalue weighted by molar-refractivity contribution is 7.99. The zero-order valence-electron chi connectivity index (χ0n) is 24.0. The lowest BCUT2D eigenvalue weighted by atomic mass is 10.2. The quantitative estimate of drug-likeness (QED) is 0.138. The molecule has 0 radical (unpaired) electrons. The molecule has 0 atom stereocenters. The van der Waals surface area contributed by atoms with Gasteiger partial charge in [-0.1, -0.05) is 25.1 Å². The van der Waals surface area contributed by atoms with Crippen molar-refractivity contribution in [1.29, 1.82) is 0 Å². The highest BCUT2D eigenvalue weighted by Gasteiger charge is 2.17. The van der Waals surface area contributed by atoms with Gasteiger partial charge in [-0.3, -0.25) is 14.2 Å². The maximum Gasteiger partial charge on any atom is 0.251 e. The van der Waals surface area contributed by atoms with Crippen molar-refractivity contribution in [3.05, 3.63) is 84.2 Å². The van der Waals surface area contributed by atoms with Gasteiger partial charge in [-0.05, 0) is 86.1 Å². The second kappa shape index (κ2) is 15.5. The molecule has 0 aliphatic rings. The molecule has 0 unspecified atom stereocenters. The molecule has 0 aliphatic heterocycles. The summed E-state index contributed by atoms with van der Waals surface area (Å²) >= 11 is 1.25. The molecule has 2 N–H and O–H groups in total. The number of hydrogen-bond donors (Lipinski definition) is 2. The minimum Gasteiger partial charge on any atom is -0.497 e. The molecule has 0 saturated heterocycles. The van der Waals surface area contributed by atoms with E-state index in [4.69, 9.17) is 14.2 Å². The Bertz CT molecular complexity index is 1440. The molecule has 2 amide bonds. The van der Waals surface area contributed by atoms with Crippen molar-refractivity contribution in [2.24, 2.45) is 0 Å². The smallest absolute Gasteiger partial charge is 0.251 e. The van der Waals surface area contributed by atoms with Crippen LogP contribution in [0.4, 0.5) is 5.69 Å². The molecule has 0 spiro atoms. The third kappa shape index (κ3) is 8.50. The van der Waals surface area contributed by atoms with Gasteiger partial charge >= 0.3 is 0 Å².